The van der Waals surface area contributed by atoms with Gasteiger partial charge in [-0.2, -0.15) is 0 Å². The third-order valence-electron chi connectivity index (χ3n) is 2.09. The molecule has 0 aromatic heterocycles. The molecule has 1 amide bonds. The molecule has 98 valence electrons. The third kappa shape index (κ3) is 3.47. The quantitative estimate of drug-likeness (QED) is 0.658. The van der Waals surface area contributed by atoms with Gasteiger partial charge < -0.3 is 10.1 Å². The van der Waals surface area contributed by atoms with Crippen molar-refractivity contribution in [2.24, 2.45) is 0 Å². The predicted octanol–water partition coefficient (Wildman–Crippen LogP) is 1.40. The summed E-state index contributed by atoms with van der Waals surface area (Å²) in [7, 11) is 1.19. The summed E-state index contributed by atoms with van der Waals surface area (Å²) in [6, 6.07) is 1.15. The number of nitrogens with one attached hydrogen (secondary N) is 1. The summed E-state index contributed by atoms with van der Waals surface area (Å²) in [6.45, 7) is -0.0495. The molecule has 1 N–H and O–H groups in total. The van der Waals surface area contributed by atoms with Crippen molar-refractivity contribution in [2.75, 3.05) is 13.7 Å². The van der Waals surface area contributed by atoms with Gasteiger partial charge in [0.05, 0.1) is 13.5 Å². The SMILES string of the molecule is COC(=O)CCNC(=O)c1cc(F)c(F)c(F)c1. The number of halogens is 3. The third-order valence-corrected chi connectivity index (χ3v) is 2.09. The fraction of sp³-hybridized carbons (Fsp3) is 0.273. The van der Waals surface area contributed by atoms with Gasteiger partial charge in [-0.05, 0) is 12.1 Å². The number of ether oxygens (including phenoxy) is 1. The lowest BCUT2D eigenvalue weighted by molar-refractivity contribution is -0.140. The minimum Gasteiger partial charge on any atom is -0.469 e. The van der Waals surface area contributed by atoms with Gasteiger partial charge in [-0.15, -0.1) is 0 Å². The number of hydrogen-bond donors (Lipinski definition) is 1. The van der Waals surface area contributed by atoms with Crippen LogP contribution in [-0.2, 0) is 9.53 Å². The van der Waals surface area contributed by atoms with Gasteiger partial charge in [-0.3, -0.25) is 9.59 Å². The van der Waals surface area contributed by atoms with E-state index in [1.54, 1.807) is 0 Å². The number of rotatable bonds is 4. The first-order valence-electron chi connectivity index (χ1n) is 4.95. The fourth-order valence-corrected chi connectivity index (χ4v) is 1.17. The minimum absolute atomic E-state index is 0.0495. The van der Waals surface area contributed by atoms with Crippen molar-refractivity contribution >= 4 is 11.9 Å². The number of esters is 1. The first-order chi connectivity index (χ1) is 8.45. The van der Waals surface area contributed by atoms with Gasteiger partial charge in [0.1, 0.15) is 0 Å². The highest BCUT2D eigenvalue weighted by molar-refractivity contribution is 5.94. The van der Waals surface area contributed by atoms with Crippen molar-refractivity contribution in [1.82, 2.24) is 5.32 Å². The average Bonchev–Trinajstić information content (AvgIpc) is 2.34. The molecule has 1 aromatic rings. The average molecular weight is 261 g/mol. The van der Waals surface area contributed by atoms with E-state index in [0.29, 0.717) is 12.1 Å². The van der Waals surface area contributed by atoms with Crippen LogP contribution in [0.5, 0.6) is 0 Å². The number of methoxy groups -OCH3 is 1. The lowest BCUT2D eigenvalue weighted by Gasteiger charge is -2.05. The van der Waals surface area contributed by atoms with E-state index >= 15 is 0 Å². The number of amides is 1. The molecule has 1 aromatic carbocycles. The zero-order valence-corrected chi connectivity index (χ0v) is 9.43. The molecule has 18 heavy (non-hydrogen) atoms. The summed E-state index contributed by atoms with van der Waals surface area (Å²) in [5, 5.41) is 2.24. The van der Waals surface area contributed by atoms with Crippen LogP contribution in [0.4, 0.5) is 13.2 Å². The summed E-state index contributed by atoms with van der Waals surface area (Å²) in [5.41, 5.74) is -0.365. The van der Waals surface area contributed by atoms with E-state index in [1.807, 2.05) is 0 Å². The van der Waals surface area contributed by atoms with Crippen LogP contribution in [0.2, 0.25) is 0 Å². The van der Waals surface area contributed by atoms with Crippen LogP contribution in [0.1, 0.15) is 16.8 Å². The Hall–Kier alpha value is -2.05. The molecule has 7 heteroatoms. The molecule has 0 atom stereocenters. The Bertz CT molecular complexity index is 454. The van der Waals surface area contributed by atoms with Crippen molar-refractivity contribution in [3.05, 3.63) is 35.1 Å². The topological polar surface area (TPSA) is 55.4 Å². The van der Waals surface area contributed by atoms with Crippen LogP contribution in [0.3, 0.4) is 0 Å². The van der Waals surface area contributed by atoms with E-state index in [-0.39, 0.29) is 18.5 Å². The Morgan fingerprint density at radius 2 is 1.78 bits per heavy atom. The maximum absolute atomic E-state index is 12.8. The lowest BCUT2D eigenvalue weighted by atomic mass is 10.2. The number of benzene rings is 1. The lowest BCUT2D eigenvalue weighted by Crippen LogP contribution is -2.26. The molecule has 0 aliphatic carbocycles. The molecule has 0 spiro atoms. The van der Waals surface area contributed by atoms with Gasteiger partial charge in [0.25, 0.3) is 5.91 Å². The summed E-state index contributed by atoms with van der Waals surface area (Å²) in [6.07, 6.45) is -0.0750. The molecule has 0 bridgehead atoms. The highest BCUT2D eigenvalue weighted by Gasteiger charge is 2.15. The summed E-state index contributed by atoms with van der Waals surface area (Å²) in [5.74, 6) is -5.88. The predicted molar refractivity (Wildman–Crippen MR) is 55.3 cm³/mol. The van der Waals surface area contributed by atoms with Gasteiger partial charge in [-0.25, -0.2) is 13.2 Å². The van der Waals surface area contributed by atoms with Gasteiger partial charge in [0.2, 0.25) is 0 Å². The van der Waals surface area contributed by atoms with Crippen LogP contribution >= 0.6 is 0 Å². The van der Waals surface area contributed by atoms with Crippen LogP contribution < -0.4 is 5.32 Å². The fourth-order valence-electron chi connectivity index (χ4n) is 1.17. The van der Waals surface area contributed by atoms with E-state index in [0.717, 1.165) is 0 Å². The first-order valence-corrected chi connectivity index (χ1v) is 4.95. The van der Waals surface area contributed by atoms with Crippen molar-refractivity contribution in [3.8, 4) is 0 Å². The second kappa shape index (κ2) is 6.04. The molecule has 0 aliphatic rings. The largest absolute Gasteiger partial charge is 0.469 e. The highest BCUT2D eigenvalue weighted by Crippen LogP contribution is 2.13. The van der Waals surface area contributed by atoms with Gasteiger partial charge in [-0.1, -0.05) is 0 Å². The van der Waals surface area contributed by atoms with E-state index < -0.39 is 29.3 Å². The molecule has 0 aliphatic heterocycles. The summed E-state index contributed by atoms with van der Waals surface area (Å²) < 4.78 is 42.6. The molecule has 4 nitrogen and oxygen atoms in total. The molecule has 0 saturated heterocycles. The molecule has 0 radical (unpaired) electrons. The standard InChI is InChI=1S/C11H10F3NO3/c1-18-9(16)2-3-15-11(17)6-4-7(12)10(14)8(13)5-6/h4-5H,2-3H2,1H3,(H,15,17). The molecule has 0 saturated carbocycles. The molecule has 0 heterocycles. The summed E-state index contributed by atoms with van der Waals surface area (Å²) in [4.78, 5) is 22.2. The molecule has 0 fully saturated rings. The smallest absolute Gasteiger partial charge is 0.307 e. The second-order valence-corrected chi connectivity index (χ2v) is 3.34. The van der Waals surface area contributed by atoms with Gasteiger partial charge in [0, 0.05) is 12.1 Å². The molecular formula is C11H10F3NO3. The Morgan fingerprint density at radius 1 is 1.22 bits per heavy atom. The molecule has 0 unspecified atom stereocenters. The van der Waals surface area contributed by atoms with Crippen LogP contribution in [0.15, 0.2) is 12.1 Å². The van der Waals surface area contributed by atoms with Crippen LogP contribution in [0, 0.1) is 17.5 Å². The van der Waals surface area contributed by atoms with Gasteiger partial charge >= 0.3 is 5.97 Å². The van der Waals surface area contributed by atoms with Crippen LogP contribution in [-0.4, -0.2) is 25.5 Å². The Labute approximate surface area is 101 Å². The minimum atomic E-state index is -1.64. The van der Waals surface area contributed by atoms with E-state index in [2.05, 4.69) is 10.1 Å². The number of hydrogen-bond acceptors (Lipinski definition) is 3. The van der Waals surface area contributed by atoms with E-state index in [4.69, 9.17) is 0 Å². The Balaban J connectivity index is 2.65. The second-order valence-electron chi connectivity index (χ2n) is 3.34. The first kappa shape index (κ1) is 14.0. The van der Waals surface area contributed by atoms with E-state index in [1.165, 1.54) is 7.11 Å². The van der Waals surface area contributed by atoms with Crippen LogP contribution in [0.25, 0.3) is 0 Å². The van der Waals surface area contributed by atoms with Gasteiger partial charge in [0.15, 0.2) is 17.5 Å². The Morgan fingerprint density at radius 3 is 2.28 bits per heavy atom. The molecule has 1 rings (SSSR count). The number of carbonyl (C=O) groups is 2. The maximum Gasteiger partial charge on any atom is 0.307 e. The maximum atomic E-state index is 12.8. The van der Waals surface area contributed by atoms with Crippen molar-refractivity contribution < 1.29 is 27.5 Å². The number of carbonyl (C=O) groups excluding carboxylic acids is 2. The Kier molecular flexibility index (Phi) is 4.70. The normalized spacial score (nSPS) is 10.0. The van der Waals surface area contributed by atoms with E-state index in [9.17, 15) is 22.8 Å². The monoisotopic (exact) mass is 261 g/mol. The van der Waals surface area contributed by atoms with Crippen molar-refractivity contribution in [1.29, 1.82) is 0 Å². The summed E-state index contributed by atoms with van der Waals surface area (Å²) >= 11 is 0. The molecular weight excluding hydrogens is 251 g/mol. The van der Waals surface area contributed by atoms with Crippen molar-refractivity contribution in [2.45, 2.75) is 6.42 Å². The highest BCUT2D eigenvalue weighted by atomic mass is 19.2. The zero-order chi connectivity index (χ0) is 13.7. The van der Waals surface area contributed by atoms with Crippen molar-refractivity contribution in [3.63, 3.8) is 0 Å². The zero-order valence-electron chi connectivity index (χ0n) is 9.43.